The standard InChI is InChI=1S/C11H16N2O4S/c1-2-7-3-4-8(12-7)11(15)13-9-5-18(16,17)6-10(9)14/h3-4,9-10,12,14H,2,5-6H2,1H3,(H,13,15)/t9-,10-/m1/s1. The molecule has 1 aliphatic rings. The van der Waals surface area contributed by atoms with Crippen LogP contribution in [0.4, 0.5) is 0 Å². The molecule has 0 bridgehead atoms. The molecular weight excluding hydrogens is 256 g/mol. The second-order valence-electron chi connectivity index (χ2n) is 4.48. The quantitative estimate of drug-likeness (QED) is 0.688. The molecule has 7 heteroatoms. The van der Waals surface area contributed by atoms with E-state index in [-0.39, 0.29) is 11.5 Å². The number of nitrogens with one attached hydrogen (secondary N) is 2. The number of aliphatic hydroxyl groups is 1. The average molecular weight is 272 g/mol. The Kier molecular flexibility index (Phi) is 3.45. The Morgan fingerprint density at radius 2 is 2.22 bits per heavy atom. The lowest BCUT2D eigenvalue weighted by Gasteiger charge is -2.14. The molecule has 1 amide bonds. The Morgan fingerprint density at radius 3 is 2.72 bits per heavy atom. The fourth-order valence-electron chi connectivity index (χ4n) is 1.99. The SMILES string of the molecule is CCc1ccc(C(=O)N[C@@H]2CS(=O)(=O)C[C@H]2O)[nH]1. The van der Waals surface area contributed by atoms with E-state index in [1.54, 1.807) is 12.1 Å². The first-order valence-corrected chi connectivity index (χ1v) is 7.60. The maximum absolute atomic E-state index is 11.8. The van der Waals surface area contributed by atoms with Crippen molar-refractivity contribution in [2.24, 2.45) is 0 Å². The van der Waals surface area contributed by atoms with E-state index >= 15 is 0 Å². The lowest BCUT2D eigenvalue weighted by atomic mass is 10.2. The highest BCUT2D eigenvalue weighted by atomic mass is 32.2. The molecule has 0 saturated carbocycles. The molecule has 0 aliphatic carbocycles. The molecule has 1 fully saturated rings. The fraction of sp³-hybridized carbons (Fsp3) is 0.545. The lowest BCUT2D eigenvalue weighted by Crippen LogP contribution is -2.42. The number of aryl methyl sites for hydroxylation is 1. The van der Waals surface area contributed by atoms with Gasteiger partial charge in [0.25, 0.3) is 5.91 Å². The van der Waals surface area contributed by atoms with Crippen LogP contribution in [0.1, 0.15) is 23.1 Å². The van der Waals surface area contributed by atoms with Gasteiger partial charge >= 0.3 is 0 Å². The summed E-state index contributed by atoms with van der Waals surface area (Å²) in [6.45, 7) is 1.96. The summed E-state index contributed by atoms with van der Waals surface area (Å²) < 4.78 is 22.6. The monoisotopic (exact) mass is 272 g/mol. The molecule has 100 valence electrons. The van der Waals surface area contributed by atoms with Gasteiger partial charge in [-0.05, 0) is 18.6 Å². The number of rotatable bonds is 3. The molecule has 1 aromatic heterocycles. The number of sulfone groups is 1. The topological polar surface area (TPSA) is 99.3 Å². The minimum atomic E-state index is -3.25. The fourth-order valence-corrected chi connectivity index (χ4v) is 3.73. The minimum Gasteiger partial charge on any atom is -0.390 e. The molecule has 1 aliphatic heterocycles. The predicted molar refractivity (Wildman–Crippen MR) is 66.1 cm³/mol. The first-order chi connectivity index (χ1) is 8.41. The normalized spacial score (nSPS) is 26.1. The lowest BCUT2D eigenvalue weighted by molar-refractivity contribution is 0.0884. The molecule has 1 saturated heterocycles. The molecule has 1 aromatic rings. The summed E-state index contributed by atoms with van der Waals surface area (Å²) in [5.41, 5.74) is 1.31. The number of aromatic nitrogens is 1. The van der Waals surface area contributed by atoms with E-state index in [4.69, 9.17) is 0 Å². The summed E-state index contributed by atoms with van der Waals surface area (Å²) in [6, 6.07) is 2.72. The van der Waals surface area contributed by atoms with Gasteiger partial charge in [0.2, 0.25) is 0 Å². The largest absolute Gasteiger partial charge is 0.390 e. The van der Waals surface area contributed by atoms with Crippen molar-refractivity contribution in [1.29, 1.82) is 0 Å². The number of aliphatic hydroxyl groups excluding tert-OH is 1. The van der Waals surface area contributed by atoms with Gasteiger partial charge in [0.05, 0.1) is 23.7 Å². The third-order valence-corrected chi connectivity index (χ3v) is 4.73. The Labute approximate surface area is 105 Å². The Balaban J connectivity index is 2.04. The van der Waals surface area contributed by atoms with Crippen molar-refractivity contribution in [2.45, 2.75) is 25.5 Å². The van der Waals surface area contributed by atoms with E-state index in [0.717, 1.165) is 12.1 Å². The summed E-state index contributed by atoms with van der Waals surface area (Å²) >= 11 is 0. The summed E-state index contributed by atoms with van der Waals surface area (Å²) in [5.74, 6) is -0.889. The zero-order valence-corrected chi connectivity index (χ0v) is 10.8. The zero-order chi connectivity index (χ0) is 13.3. The number of carbonyl (C=O) groups is 1. The van der Waals surface area contributed by atoms with Crippen molar-refractivity contribution < 1.29 is 18.3 Å². The molecule has 0 spiro atoms. The Hall–Kier alpha value is -1.34. The number of carbonyl (C=O) groups excluding carboxylic acids is 1. The van der Waals surface area contributed by atoms with Gasteiger partial charge < -0.3 is 15.4 Å². The van der Waals surface area contributed by atoms with E-state index in [1.165, 1.54) is 0 Å². The molecular formula is C11H16N2O4S. The van der Waals surface area contributed by atoms with E-state index in [9.17, 15) is 18.3 Å². The van der Waals surface area contributed by atoms with Gasteiger partial charge in [0.15, 0.2) is 9.84 Å². The van der Waals surface area contributed by atoms with E-state index in [2.05, 4.69) is 10.3 Å². The number of H-pyrrole nitrogens is 1. The van der Waals surface area contributed by atoms with Crippen LogP contribution in [0.2, 0.25) is 0 Å². The van der Waals surface area contributed by atoms with Crippen LogP contribution in [0.5, 0.6) is 0 Å². The highest BCUT2D eigenvalue weighted by Gasteiger charge is 2.37. The van der Waals surface area contributed by atoms with Gasteiger partial charge in [0.1, 0.15) is 5.69 Å². The second-order valence-corrected chi connectivity index (χ2v) is 6.63. The van der Waals surface area contributed by atoms with Crippen LogP contribution >= 0.6 is 0 Å². The number of hydrogen-bond donors (Lipinski definition) is 3. The van der Waals surface area contributed by atoms with Crippen LogP contribution in [0.3, 0.4) is 0 Å². The summed E-state index contributed by atoms with van der Waals surface area (Å²) in [4.78, 5) is 14.8. The van der Waals surface area contributed by atoms with Crippen LogP contribution in [-0.2, 0) is 16.3 Å². The van der Waals surface area contributed by atoms with Crippen LogP contribution < -0.4 is 5.32 Å². The molecule has 3 N–H and O–H groups in total. The van der Waals surface area contributed by atoms with E-state index in [0.29, 0.717) is 5.69 Å². The molecule has 0 unspecified atom stereocenters. The maximum atomic E-state index is 11.8. The van der Waals surface area contributed by atoms with Crippen molar-refractivity contribution in [3.05, 3.63) is 23.5 Å². The van der Waals surface area contributed by atoms with Gasteiger partial charge in [-0.2, -0.15) is 0 Å². The first-order valence-electron chi connectivity index (χ1n) is 5.78. The Morgan fingerprint density at radius 1 is 1.50 bits per heavy atom. The minimum absolute atomic E-state index is 0.207. The molecule has 6 nitrogen and oxygen atoms in total. The summed E-state index contributed by atoms with van der Waals surface area (Å²) in [7, 11) is -3.25. The molecule has 2 heterocycles. The van der Waals surface area contributed by atoms with Gasteiger partial charge in [0, 0.05) is 5.69 Å². The molecule has 18 heavy (non-hydrogen) atoms. The zero-order valence-electron chi connectivity index (χ0n) is 10.0. The third-order valence-electron chi connectivity index (χ3n) is 3.01. The van der Waals surface area contributed by atoms with E-state index in [1.807, 2.05) is 6.92 Å². The predicted octanol–water partition coefficient (Wildman–Crippen LogP) is -0.535. The van der Waals surface area contributed by atoms with Gasteiger partial charge in [-0.3, -0.25) is 4.79 Å². The van der Waals surface area contributed by atoms with Gasteiger partial charge in [-0.25, -0.2) is 8.42 Å². The first kappa shape index (κ1) is 13.1. The maximum Gasteiger partial charge on any atom is 0.268 e. The van der Waals surface area contributed by atoms with Crippen LogP contribution in [0.25, 0.3) is 0 Å². The summed E-state index contributed by atoms with van der Waals surface area (Å²) in [5, 5.41) is 12.1. The second kappa shape index (κ2) is 4.74. The van der Waals surface area contributed by atoms with Crippen molar-refractivity contribution in [3.8, 4) is 0 Å². The summed E-state index contributed by atoms with van der Waals surface area (Å²) in [6.07, 6.45) is -0.243. The Bertz CT molecular complexity index is 549. The van der Waals surface area contributed by atoms with Crippen molar-refractivity contribution in [3.63, 3.8) is 0 Å². The number of aromatic amines is 1. The molecule has 0 aromatic carbocycles. The molecule has 0 radical (unpaired) electrons. The smallest absolute Gasteiger partial charge is 0.268 e. The highest BCUT2D eigenvalue weighted by Crippen LogP contribution is 2.13. The van der Waals surface area contributed by atoms with Gasteiger partial charge in [-0.1, -0.05) is 6.92 Å². The van der Waals surface area contributed by atoms with Gasteiger partial charge in [-0.15, -0.1) is 0 Å². The third kappa shape index (κ3) is 2.73. The van der Waals surface area contributed by atoms with Crippen LogP contribution in [-0.4, -0.2) is 48.1 Å². The van der Waals surface area contributed by atoms with Crippen molar-refractivity contribution in [2.75, 3.05) is 11.5 Å². The highest BCUT2D eigenvalue weighted by molar-refractivity contribution is 7.91. The van der Waals surface area contributed by atoms with Crippen LogP contribution in [0.15, 0.2) is 12.1 Å². The number of amides is 1. The molecule has 2 rings (SSSR count). The van der Waals surface area contributed by atoms with E-state index < -0.39 is 27.9 Å². The number of hydrogen-bond acceptors (Lipinski definition) is 4. The van der Waals surface area contributed by atoms with Crippen molar-refractivity contribution in [1.82, 2.24) is 10.3 Å². The van der Waals surface area contributed by atoms with Crippen LogP contribution in [0, 0.1) is 0 Å². The average Bonchev–Trinajstić information content (AvgIpc) is 2.83. The molecule has 2 atom stereocenters. The van der Waals surface area contributed by atoms with Crippen molar-refractivity contribution >= 4 is 15.7 Å².